The van der Waals surface area contributed by atoms with E-state index in [4.69, 9.17) is 15.8 Å². The Morgan fingerprint density at radius 1 is 0.906 bits per heavy atom. The van der Waals surface area contributed by atoms with Gasteiger partial charge in [0.05, 0.1) is 11.4 Å². The molecule has 1 fully saturated rings. The summed E-state index contributed by atoms with van der Waals surface area (Å²) < 4.78 is 29.9. The molecule has 0 saturated carbocycles. The smallest absolute Gasteiger partial charge is 0.339 e. The van der Waals surface area contributed by atoms with Crippen LogP contribution in [0.1, 0.15) is 11.1 Å². The molecule has 3 aromatic rings. The third kappa shape index (κ3) is 5.04. The highest BCUT2D eigenvalue weighted by Gasteiger charge is 2.34. The molecule has 2 amide bonds. The maximum absolute atomic E-state index is 12.7. The van der Waals surface area contributed by atoms with E-state index in [1.165, 1.54) is 41.3 Å². The molecule has 0 aliphatic carbocycles. The van der Waals surface area contributed by atoms with Gasteiger partial charge in [-0.1, -0.05) is 54.1 Å². The Morgan fingerprint density at radius 3 is 2.22 bits per heavy atom. The first-order valence-electron chi connectivity index (χ1n) is 9.41. The summed E-state index contributed by atoms with van der Waals surface area (Å²) in [4.78, 5) is 26.4. The van der Waals surface area contributed by atoms with Crippen LogP contribution in [-0.4, -0.2) is 24.5 Å². The van der Waals surface area contributed by atoms with Crippen LogP contribution in [0.2, 0.25) is 5.02 Å². The predicted octanol–water partition coefficient (Wildman–Crippen LogP) is 5.34. The number of carbonyl (C=O) groups excluding carboxylic acids is 2. The average Bonchev–Trinajstić information content (AvgIpc) is 3.03. The van der Waals surface area contributed by atoms with Crippen LogP contribution in [0.25, 0.3) is 6.08 Å². The van der Waals surface area contributed by atoms with E-state index in [9.17, 15) is 18.0 Å². The molecule has 0 spiro atoms. The third-order valence-corrected chi connectivity index (χ3v) is 6.96. The zero-order valence-corrected chi connectivity index (χ0v) is 18.9. The minimum absolute atomic E-state index is 0.0157. The van der Waals surface area contributed by atoms with Crippen molar-refractivity contribution in [3.8, 4) is 5.75 Å². The summed E-state index contributed by atoms with van der Waals surface area (Å²) in [5.41, 5.74) is 1.49. The highest BCUT2D eigenvalue weighted by molar-refractivity contribution is 8.18. The first-order valence-corrected chi connectivity index (χ1v) is 12.0. The largest absolute Gasteiger partial charge is 0.379 e. The van der Waals surface area contributed by atoms with Crippen molar-refractivity contribution in [1.82, 2.24) is 4.90 Å². The lowest BCUT2D eigenvalue weighted by atomic mass is 10.2. The number of benzene rings is 3. The number of imide groups is 1. The van der Waals surface area contributed by atoms with Crippen LogP contribution in [0.4, 0.5) is 4.79 Å². The van der Waals surface area contributed by atoms with Crippen LogP contribution >= 0.6 is 23.4 Å². The quantitative estimate of drug-likeness (QED) is 0.346. The SMILES string of the molecule is O=C1S/C(=C\c2ccc(OS(=O)(=O)c3ccc(Cl)cc3)cc2)C(=O)N1Cc1ccccc1. The maximum atomic E-state index is 12.7. The molecule has 1 saturated heterocycles. The topological polar surface area (TPSA) is 80.8 Å². The van der Waals surface area contributed by atoms with E-state index in [1.54, 1.807) is 18.2 Å². The molecule has 9 heteroatoms. The fourth-order valence-corrected chi connectivity index (χ4v) is 4.84. The lowest BCUT2D eigenvalue weighted by Crippen LogP contribution is -2.27. The van der Waals surface area contributed by atoms with Crippen LogP contribution in [0, 0.1) is 0 Å². The zero-order valence-electron chi connectivity index (χ0n) is 16.5. The van der Waals surface area contributed by atoms with Gasteiger partial charge in [-0.05, 0) is 65.4 Å². The van der Waals surface area contributed by atoms with E-state index in [0.717, 1.165) is 17.3 Å². The molecule has 1 aliphatic rings. The van der Waals surface area contributed by atoms with Gasteiger partial charge >= 0.3 is 10.1 Å². The van der Waals surface area contributed by atoms with Crippen molar-refractivity contribution >= 4 is 50.7 Å². The lowest BCUT2D eigenvalue weighted by Gasteiger charge is -2.12. The standard InChI is InChI=1S/C23H16ClNO5S2/c24-18-8-12-20(13-9-18)32(28,29)30-19-10-6-16(7-11-19)14-21-22(26)25(23(27)31-21)15-17-4-2-1-3-5-17/h1-14H,15H2/b21-14-. The number of halogens is 1. The van der Waals surface area contributed by atoms with Gasteiger partial charge in [-0.15, -0.1) is 0 Å². The second kappa shape index (κ2) is 9.20. The lowest BCUT2D eigenvalue weighted by molar-refractivity contribution is -0.123. The van der Waals surface area contributed by atoms with Gasteiger partial charge in [0.25, 0.3) is 11.1 Å². The van der Waals surface area contributed by atoms with Crippen molar-refractivity contribution in [3.63, 3.8) is 0 Å². The highest BCUT2D eigenvalue weighted by atomic mass is 35.5. The van der Waals surface area contributed by atoms with Gasteiger partial charge in [0.15, 0.2) is 0 Å². The number of rotatable bonds is 6. The number of hydrogen-bond donors (Lipinski definition) is 0. The first-order chi connectivity index (χ1) is 15.3. The monoisotopic (exact) mass is 485 g/mol. The molecule has 162 valence electrons. The molecule has 4 rings (SSSR count). The van der Waals surface area contributed by atoms with Crippen LogP contribution in [-0.2, 0) is 21.5 Å². The summed E-state index contributed by atoms with van der Waals surface area (Å²) in [7, 11) is -4.00. The summed E-state index contributed by atoms with van der Waals surface area (Å²) in [5.74, 6) is -0.247. The van der Waals surface area contributed by atoms with E-state index in [0.29, 0.717) is 15.5 Å². The number of hydrogen-bond acceptors (Lipinski definition) is 6. The fraction of sp³-hybridized carbons (Fsp3) is 0.0435. The van der Waals surface area contributed by atoms with Gasteiger partial charge < -0.3 is 4.18 Å². The number of thioether (sulfide) groups is 1. The molecule has 0 atom stereocenters. The van der Waals surface area contributed by atoms with E-state index >= 15 is 0 Å². The molecule has 1 aliphatic heterocycles. The van der Waals surface area contributed by atoms with Gasteiger partial charge in [0, 0.05) is 5.02 Å². The molecule has 32 heavy (non-hydrogen) atoms. The van der Waals surface area contributed by atoms with Gasteiger partial charge in [-0.25, -0.2) is 0 Å². The Morgan fingerprint density at radius 2 is 1.56 bits per heavy atom. The number of nitrogens with zero attached hydrogens (tertiary/aromatic N) is 1. The number of carbonyl (C=O) groups is 2. The van der Waals surface area contributed by atoms with Crippen molar-refractivity contribution < 1.29 is 22.2 Å². The normalized spacial score (nSPS) is 15.4. The Hall–Kier alpha value is -3.07. The molecule has 0 aromatic heterocycles. The van der Waals surface area contributed by atoms with Gasteiger partial charge in [0.1, 0.15) is 10.6 Å². The Labute approximate surface area is 194 Å². The molecule has 3 aromatic carbocycles. The predicted molar refractivity (Wildman–Crippen MR) is 124 cm³/mol. The molecular weight excluding hydrogens is 470 g/mol. The summed E-state index contributed by atoms with van der Waals surface area (Å²) in [6.45, 7) is 0.207. The first kappa shape index (κ1) is 22.1. The molecule has 1 heterocycles. The van der Waals surface area contributed by atoms with Gasteiger partial charge in [0.2, 0.25) is 0 Å². The minimum Gasteiger partial charge on any atom is -0.379 e. The van der Waals surface area contributed by atoms with Gasteiger partial charge in [-0.2, -0.15) is 8.42 Å². The van der Waals surface area contributed by atoms with Crippen LogP contribution in [0.15, 0.2) is 88.7 Å². The minimum atomic E-state index is -4.00. The highest BCUT2D eigenvalue weighted by Crippen LogP contribution is 2.33. The van der Waals surface area contributed by atoms with Crippen molar-refractivity contribution in [2.24, 2.45) is 0 Å². The van der Waals surface area contributed by atoms with Crippen LogP contribution in [0.3, 0.4) is 0 Å². The molecule has 0 N–H and O–H groups in total. The molecule has 0 bridgehead atoms. The second-order valence-electron chi connectivity index (χ2n) is 6.81. The number of amides is 2. The van der Waals surface area contributed by atoms with Gasteiger partial charge in [-0.3, -0.25) is 14.5 Å². The molecule has 6 nitrogen and oxygen atoms in total. The Bertz CT molecular complexity index is 1290. The summed E-state index contributed by atoms with van der Waals surface area (Å²) in [6.07, 6.45) is 1.59. The maximum Gasteiger partial charge on any atom is 0.339 e. The van der Waals surface area contributed by atoms with Crippen LogP contribution < -0.4 is 4.18 Å². The van der Waals surface area contributed by atoms with E-state index in [1.807, 2.05) is 30.3 Å². The van der Waals surface area contributed by atoms with Crippen molar-refractivity contribution in [1.29, 1.82) is 0 Å². The summed E-state index contributed by atoms with van der Waals surface area (Å²) in [6, 6.07) is 21.1. The third-order valence-electron chi connectivity index (χ3n) is 4.54. The Balaban J connectivity index is 1.46. The second-order valence-corrected chi connectivity index (χ2v) is 9.79. The van der Waals surface area contributed by atoms with Crippen molar-refractivity contribution in [2.45, 2.75) is 11.4 Å². The van der Waals surface area contributed by atoms with Crippen molar-refractivity contribution in [2.75, 3.05) is 0 Å². The fourth-order valence-electron chi connectivity index (χ4n) is 2.95. The molecular formula is C23H16ClNO5S2. The zero-order chi connectivity index (χ0) is 22.7. The molecule has 0 radical (unpaired) electrons. The van der Waals surface area contributed by atoms with E-state index in [2.05, 4.69) is 0 Å². The summed E-state index contributed by atoms with van der Waals surface area (Å²) >= 11 is 6.66. The van der Waals surface area contributed by atoms with Crippen molar-refractivity contribution in [3.05, 3.63) is 99.9 Å². The van der Waals surface area contributed by atoms with E-state index < -0.39 is 10.1 Å². The van der Waals surface area contributed by atoms with Crippen LogP contribution in [0.5, 0.6) is 5.75 Å². The Kier molecular flexibility index (Phi) is 6.36. The average molecular weight is 486 g/mol. The molecule has 0 unspecified atom stereocenters. The summed E-state index contributed by atoms with van der Waals surface area (Å²) in [5, 5.41) is 0.0839. The van der Waals surface area contributed by atoms with E-state index in [-0.39, 0.29) is 28.3 Å².